The van der Waals surface area contributed by atoms with Gasteiger partial charge in [0.15, 0.2) is 0 Å². The molecule has 1 aliphatic heterocycles. The van der Waals surface area contributed by atoms with Crippen LogP contribution in [-0.4, -0.2) is 16.1 Å². The summed E-state index contributed by atoms with van der Waals surface area (Å²) in [6.45, 7) is 1.88. The van der Waals surface area contributed by atoms with Crippen molar-refractivity contribution in [1.29, 1.82) is 0 Å². The minimum atomic E-state index is -1.26. The second kappa shape index (κ2) is 5.78. The van der Waals surface area contributed by atoms with Crippen LogP contribution in [0, 0.1) is 6.92 Å². The van der Waals surface area contributed by atoms with Gasteiger partial charge in [-0.25, -0.2) is 4.79 Å². The van der Waals surface area contributed by atoms with Gasteiger partial charge >= 0.3 is 5.97 Å². The van der Waals surface area contributed by atoms with E-state index in [0.29, 0.717) is 27.8 Å². The van der Waals surface area contributed by atoms with Gasteiger partial charge < -0.3 is 14.8 Å². The number of hydrogen-bond acceptors (Lipinski definition) is 3. The highest BCUT2D eigenvalue weighted by Crippen LogP contribution is 2.29. The Bertz CT molecular complexity index is 932. The van der Waals surface area contributed by atoms with E-state index in [2.05, 4.69) is 4.98 Å². The Balaban J connectivity index is 2.03. The van der Waals surface area contributed by atoms with E-state index >= 15 is 0 Å². The Hall–Kier alpha value is -2.79. The molecule has 1 aliphatic carbocycles. The molecule has 3 rings (SSSR count). The Morgan fingerprint density at radius 3 is 2.61 bits per heavy atom. The number of aryl methyl sites for hydroxylation is 1. The van der Waals surface area contributed by atoms with Gasteiger partial charge in [-0.2, -0.15) is 0 Å². The Morgan fingerprint density at radius 1 is 1.17 bits per heavy atom. The van der Waals surface area contributed by atoms with Gasteiger partial charge in [0, 0.05) is 16.3 Å². The van der Waals surface area contributed by atoms with Crippen molar-refractivity contribution in [2.75, 3.05) is 0 Å². The van der Waals surface area contributed by atoms with E-state index < -0.39 is 11.5 Å². The molecule has 1 aromatic rings. The lowest BCUT2D eigenvalue weighted by Gasteiger charge is -2.07. The van der Waals surface area contributed by atoms with Crippen LogP contribution in [-0.2, 0) is 0 Å². The molecule has 0 saturated carbocycles. The van der Waals surface area contributed by atoms with E-state index in [9.17, 15) is 9.59 Å². The zero-order chi connectivity index (χ0) is 16.6. The molecule has 0 unspecified atom stereocenters. The number of rotatable bonds is 3. The summed E-state index contributed by atoms with van der Waals surface area (Å²) in [6.07, 6.45) is 0. The number of aromatic nitrogens is 1. The summed E-state index contributed by atoms with van der Waals surface area (Å²) in [4.78, 5) is 25.4. The van der Waals surface area contributed by atoms with Gasteiger partial charge in [-0.1, -0.05) is 11.6 Å². The first-order valence-corrected chi connectivity index (χ1v) is 7.17. The van der Waals surface area contributed by atoms with Gasteiger partial charge in [-0.05, 0) is 55.0 Å². The van der Waals surface area contributed by atoms with Gasteiger partial charge in [0.2, 0.25) is 0 Å². The number of nitrogens with one attached hydrogen (secondary N) is 1. The highest BCUT2D eigenvalue weighted by atomic mass is 35.5. The third-order valence-electron chi connectivity index (χ3n) is 3.44. The van der Waals surface area contributed by atoms with Gasteiger partial charge in [-0.15, -0.1) is 0 Å². The number of ether oxygens (including phenoxy) is 1. The number of aromatic amines is 1. The molecule has 0 fully saturated rings. The lowest BCUT2D eigenvalue weighted by Crippen LogP contribution is -2.10. The van der Waals surface area contributed by atoms with Crippen molar-refractivity contribution in [3.8, 4) is 22.8 Å². The summed E-state index contributed by atoms with van der Waals surface area (Å²) >= 11 is 5.91. The molecule has 1 aromatic carbocycles. The minimum absolute atomic E-state index is 0.273. The van der Waals surface area contributed by atoms with Crippen LogP contribution in [0.4, 0.5) is 0 Å². The Labute approximate surface area is 136 Å². The van der Waals surface area contributed by atoms with Crippen molar-refractivity contribution in [3.63, 3.8) is 0 Å². The largest absolute Gasteiger partial charge is 0.477 e. The fourth-order valence-electron chi connectivity index (χ4n) is 2.33. The SMILES string of the molecule is Cc1cc(Cl)ccc1Oc1ccc2[nH]c(=O)c(C(=O)O)c-2cc1. The van der Waals surface area contributed by atoms with Crippen molar-refractivity contribution < 1.29 is 14.6 Å². The molecule has 5 nitrogen and oxygen atoms in total. The molecule has 2 N–H and O–H groups in total. The number of aromatic carboxylic acids is 1. The molecule has 6 heteroatoms. The van der Waals surface area contributed by atoms with Crippen LogP contribution in [0.3, 0.4) is 0 Å². The smallest absolute Gasteiger partial charge is 0.342 e. The first-order chi connectivity index (χ1) is 11.0. The summed E-state index contributed by atoms with van der Waals surface area (Å²) in [5.41, 5.74) is 0.766. The van der Waals surface area contributed by atoms with Crippen LogP contribution in [0.5, 0.6) is 11.5 Å². The van der Waals surface area contributed by atoms with Crippen LogP contribution in [0.25, 0.3) is 11.3 Å². The van der Waals surface area contributed by atoms with E-state index in [4.69, 9.17) is 21.4 Å². The van der Waals surface area contributed by atoms with Crippen LogP contribution in [0.1, 0.15) is 15.9 Å². The number of halogens is 1. The molecule has 1 heterocycles. The standard InChI is InChI=1S/C17H12ClNO4/c1-9-8-10(18)2-7-14(9)23-11-3-5-12-13(6-4-11)19-16(20)15(12)17(21)22/h2-8H,1H3,(H,19,20)(H,21,22). The van der Waals surface area contributed by atoms with E-state index in [1.54, 1.807) is 42.5 Å². The lowest BCUT2D eigenvalue weighted by atomic mass is 10.1. The summed E-state index contributed by atoms with van der Waals surface area (Å²) in [7, 11) is 0. The number of carbonyl (C=O) groups is 1. The maximum absolute atomic E-state index is 11.7. The fraction of sp³-hybridized carbons (Fsp3) is 0.0588. The number of carboxylic acids is 1. The molecule has 0 atom stereocenters. The Kier molecular flexibility index (Phi) is 3.80. The fourth-order valence-corrected chi connectivity index (χ4v) is 2.56. The second-order valence-corrected chi connectivity index (χ2v) is 5.48. The Morgan fingerprint density at radius 2 is 1.91 bits per heavy atom. The number of H-pyrrole nitrogens is 1. The number of hydrogen-bond donors (Lipinski definition) is 2. The topological polar surface area (TPSA) is 79.4 Å². The maximum atomic E-state index is 11.7. The maximum Gasteiger partial charge on any atom is 0.342 e. The predicted octanol–water partition coefficient (Wildman–Crippen LogP) is 3.93. The molecule has 0 aromatic heterocycles. The van der Waals surface area contributed by atoms with Crippen LogP contribution >= 0.6 is 11.6 Å². The van der Waals surface area contributed by atoms with Gasteiger partial charge in [0.05, 0.1) is 0 Å². The third kappa shape index (κ3) is 2.91. The van der Waals surface area contributed by atoms with Gasteiger partial charge in [0.1, 0.15) is 17.1 Å². The molecule has 0 radical (unpaired) electrons. The zero-order valence-corrected chi connectivity index (χ0v) is 12.8. The molecule has 23 heavy (non-hydrogen) atoms. The van der Waals surface area contributed by atoms with Crippen molar-refractivity contribution in [2.45, 2.75) is 6.92 Å². The van der Waals surface area contributed by atoms with Crippen LogP contribution < -0.4 is 10.3 Å². The van der Waals surface area contributed by atoms with Crippen molar-refractivity contribution >= 4 is 17.6 Å². The molecule has 0 saturated heterocycles. The van der Waals surface area contributed by atoms with Crippen molar-refractivity contribution in [2.24, 2.45) is 0 Å². The summed E-state index contributed by atoms with van der Waals surface area (Å²) < 4.78 is 5.80. The normalized spacial score (nSPS) is 10.7. The summed E-state index contributed by atoms with van der Waals surface area (Å²) in [6, 6.07) is 11.7. The van der Waals surface area contributed by atoms with Crippen molar-refractivity contribution in [1.82, 2.24) is 4.98 Å². The molecule has 0 bridgehead atoms. The summed E-state index contributed by atoms with van der Waals surface area (Å²) in [5, 5.41) is 9.76. The molecular formula is C17H12ClNO4. The average molecular weight is 330 g/mol. The zero-order valence-electron chi connectivity index (χ0n) is 12.1. The molecule has 116 valence electrons. The monoisotopic (exact) mass is 329 g/mol. The number of benzene rings is 1. The van der Waals surface area contributed by atoms with E-state index in [0.717, 1.165) is 5.56 Å². The molecule has 2 aliphatic rings. The highest BCUT2D eigenvalue weighted by Gasteiger charge is 2.19. The van der Waals surface area contributed by atoms with Gasteiger partial charge in [0.25, 0.3) is 5.56 Å². The van der Waals surface area contributed by atoms with E-state index in [-0.39, 0.29) is 5.56 Å². The minimum Gasteiger partial charge on any atom is -0.477 e. The second-order valence-electron chi connectivity index (χ2n) is 5.04. The first-order valence-electron chi connectivity index (χ1n) is 6.79. The van der Waals surface area contributed by atoms with E-state index in [1.807, 2.05) is 6.92 Å². The molecule has 0 spiro atoms. The first kappa shape index (κ1) is 15.1. The number of carboxylic acid groups (broad SMARTS) is 1. The van der Waals surface area contributed by atoms with Crippen LogP contribution in [0.2, 0.25) is 5.02 Å². The third-order valence-corrected chi connectivity index (χ3v) is 3.68. The highest BCUT2D eigenvalue weighted by molar-refractivity contribution is 6.30. The quantitative estimate of drug-likeness (QED) is 0.763. The average Bonchev–Trinajstić information content (AvgIpc) is 2.68. The predicted molar refractivity (Wildman–Crippen MR) is 86.9 cm³/mol. The van der Waals surface area contributed by atoms with Crippen LogP contribution in [0.15, 0.2) is 47.3 Å². The van der Waals surface area contributed by atoms with E-state index in [1.165, 1.54) is 0 Å². The summed E-state index contributed by atoms with van der Waals surface area (Å²) in [5.74, 6) is -0.0977. The lowest BCUT2D eigenvalue weighted by molar-refractivity contribution is 0.0696. The number of fused-ring (bicyclic) bond motifs is 1. The van der Waals surface area contributed by atoms with Crippen molar-refractivity contribution in [3.05, 3.63) is 69.0 Å². The molecular weight excluding hydrogens is 318 g/mol. The molecule has 0 amide bonds. The van der Waals surface area contributed by atoms with Gasteiger partial charge in [-0.3, -0.25) is 4.79 Å².